The first kappa shape index (κ1) is 21.9. The zero-order chi connectivity index (χ0) is 16.6. The summed E-state index contributed by atoms with van der Waals surface area (Å²) in [6.07, 6.45) is 0.484. The van der Waals surface area contributed by atoms with Crippen LogP contribution in [0.2, 0.25) is 0 Å². The molecule has 23 heavy (non-hydrogen) atoms. The number of nitrogens with zero attached hydrogens (tertiary/aromatic N) is 1. The van der Waals surface area contributed by atoms with E-state index in [1.807, 2.05) is 37.3 Å². The summed E-state index contributed by atoms with van der Waals surface area (Å²) in [5, 5.41) is 10.6. The number of carbonyl (C=O) groups is 1. The first-order valence-corrected chi connectivity index (χ1v) is 8.12. The van der Waals surface area contributed by atoms with Crippen molar-refractivity contribution in [2.24, 2.45) is 0 Å². The molecule has 0 aliphatic rings. The standard InChI is InChI=1S/C18H29NO3.ClH/c1-5-18(4,21)16(15-11-9-8-10-12-15)17(20)22-14-13-19(6-2)7-3;/h8-12,16,21H,5-7,13-14H2,1-4H3;1H. The van der Waals surface area contributed by atoms with Crippen molar-refractivity contribution in [3.63, 3.8) is 0 Å². The van der Waals surface area contributed by atoms with E-state index in [-0.39, 0.29) is 18.4 Å². The molecule has 0 spiro atoms. The molecule has 0 heterocycles. The summed E-state index contributed by atoms with van der Waals surface area (Å²) >= 11 is 0. The molecule has 0 saturated heterocycles. The second-order valence-electron chi connectivity index (χ2n) is 5.75. The van der Waals surface area contributed by atoms with Crippen molar-refractivity contribution in [3.05, 3.63) is 35.9 Å². The molecule has 1 N–H and O–H groups in total. The lowest BCUT2D eigenvalue weighted by molar-refractivity contribution is -0.152. The summed E-state index contributed by atoms with van der Waals surface area (Å²) in [7, 11) is 0. The van der Waals surface area contributed by atoms with Gasteiger partial charge in [-0.15, -0.1) is 12.4 Å². The number of hydrogen-bond donors (Lipinski definition) is 1. The number of hydrogen-bond acceptors (Lipinski definition) is 4. The highest BCUT2D eigenvalue weighted by Gasteiger charge is 2.38. The SMILES string of the molecule is CCN(CC)CCOC(=O)C(c1ccccc1)C(C)(O)CC.Cl. The molecular weight excluding hydrogens is 314 g/mol. The van der Waals surface area contributed by atoms with Crippen LogP contribution >= 0.6 is 12.4 Å². The minimum absolute atomic E-state index is 0. The number of halogens is 1. The van der Waals surface area contributed by atoms with Gasteiger partial charge in [0.2, 0.25) is 0 Å². The first-order chi connectivity index (χ1) is 10.5. The van der Waals surface area contributed by atoms with Gasteiger partial charge in [0, 0.05) is 6.54 Å². The average Bonchev–Trinajstić information content (AvgIpc) is 2.52. The van der Waals surface area contributed by atoms with Gasteiger partial charge in [0.05, 0.1) is 5.60 Å². The van der Waals surface area contributed by atoms with E-state index in [4.69, 9.17) is 4.74 Å². The highest BCUT2D eigenvalue weighted by molar-refractivity contribution is 5.85. The van der Waals surface area contributed by atoms with Crippen molar-refractivity contribution in [2.75, 3.05) is 26.2 Å². The van der Waals surface area contributed by atoms with Gasteiger partial charge in [0.1, 0.15) is 12.5 Å². The van der Waals surface area contributed by atoms with Crippen molar-refractivity contribution in [1.82, 2.24) is 4.90 Å². The van der Waals surface area contributed by atoms with Gasteiger partial charge < -0.3 is 14.7 Å². The Morgan fingerprint density at radius 3 is 2.26 bits per heavy atom. The Kier molecular flexibility index (Phi) is 10.1. The molecule has 2 atom stereocenters. The minimum Gasteiger partial charge on any atom is -0.464 e. The van der Waals surface area contributed by atoms with Crippen molar-refractivity contribution in [2.45, 2.75) is 45.6 Å². The Morgan fingerprint density at radius 1 is 1.22 bits per heavy atom. The number of likely N-dealkylation sites (N-methyl/N-ethyl adjacent to an activating group) is 1. The van der Waals surface area contributed by atoms with E-state index in [9.17, 15) is 9.90 Å². The topological polar surface area (TPSA) is 49.8 Å². The predicted octanol–water partition coefficient (Wildman–Crippen LogP) is 3.24. The lowest BCUT2D eigenvalue weighted by Gasteiger charge is -2.31. The smallest absolute Gasteiger partial charge is 0.316 e. The quantitative estimate of drug-likeness (QED) is 0.699. The maximum absolute atomic E-state index is 12.5. The van der Waals surface area contributed by atoms with Crippen LogP contribution in [0.1, 0.15) is 45.6 Å². The summed E-state index contributed by atoms with van der Waals surface area (Å²) in [6.45, 7) is 10.7. The molecule has 0 aromatic heterocycles. The van der Waals surface area contributed by atoms with E-state index in [0.29, 0.717) is 19.6 Å². The maximum atomic E-state index is 12.5. The van der Waals surface area contributed by atoms with Crippen molar-refractivity contribution < 1.29 is 14.6 Å². The number of ether oxygens (including phenoxy) is 1. The summed E-state index contributed by atoms with van der Waals surface area (Å²) in [5.74, 6) is -1.01. The molecular formula is C18H30ClNO3. The van der Waals surface area contributed by atoms with Gasteiger partial charge in [0.25, 0.3) is 0 Å². The van der Waals surface area contributed by atoms with Crippen LogP contribution in [0.15, 0.2) is 30.3 Å². The molecule has 2 unspecified atom stereocenters. The third-order valence-electron chi connectivity index (χ3n) is 4.25. The second kappa shape index (κ2) is 10.6. The van der Waals surface area contributed by atoms with Crippen LogP contribution in [0, 0.1) is 0 Å². The molecule has 0 fully saturated rings. The Balaban J connectivity index is 0.00000484. The number of carbonyl (C=O) groups excluding carboxylic acids is 1. The Labute approximate surface area is 146 Å². The van der Waals surface area contributed by atoms with E-state index in [2.05, 4.69) is 18.7 Å². The molecule has 0 saturated carbocycles. The lowest BCUT2D eigenvalue weighted by Crippen LogP contribution is -2.39. The fourth-order valence-corrected chi connectivity index (χ4v) is 2.50. The molecule has 0 aliphatic heterocycles. The molecule has 5 heteroatoms. The number of benzene rings is 1. The fourth-order valence-electron chi connectivity index (χ4n) is 2.50. The fraction of sp³-hybridized carbons (Fsp3) is 0.611. The molecule has 0 bridgehead atoms. The van der Waals surface area contributed by atoms with Crippen LogP contribution in [-0.4, -0.2) is 47.8 Å². The van der Waals surface area contributed by atoms with E-state index in [1.165, 1.54) is 0 Å². The summed E-state index contributed by atoms with van der Waals surface area (Å²) in [5.41, 5.74) is -0.324. The van der Waals surface area contributed by atoms with Gasteiger partial charge in [-0.2, -0.15) is 0 Å². The first-order valence-electron chi connectivity index (χ1n) is 8.12. The van der Waals surface area contributed by atoms with E-state index in [1.54, 1.807) is 6.92 Å². The molecule has 0 aliphatic carbocycles. The third kappa shape index (κ3) is 6.50. The van der Waals surface area contributed by atoms with Crippen molar-refractivity contribution >= 4 is 18.4 Å². The summed E-state index contributed by atoms with van der Waals surface area (Å²) < 4.78 is 5.44. The van der Waals surface area contributed by atoms with Crippen LogP contribution < -0.4 is 0 Å². The van der Waals surface area contributed by atoms with Gasteiger partial charge in [-0.1, -0.05) is 51.1 Å². The van der Waals surface area contributed by atoms with Gasteiger partial charge in [0.15, 0.2) is 0 Å². The zero-order valence-corrected chi connectivity index (χ0v) is 15.4. The van der Waals surface area contributed by atoms with E-state index < -0.39 is 11.5 Å². The number of aliphatic hydroxyl groups is 1. The van der Waals surface area contributed by atoms with Crippen LogP contribution in [0.5, 0.6) is 0 Å². The molecule has 0 amide bonds. The van der Waals surface area contributed by atoms with Gasteiger partial charge in [-0.25, -0.2) is 0 Å². The van der Waals surface area contributed by atoms with Crippen LogP contribution in [-0.2, 0) is 9.53 Å². The highest BCUT2D eigenvalue weighted by atomic mass is 35.5. The summed E-state index contributed by atoms with van der Waals surface area (Å²) in [6, 6.07) is 9.36. The van der Waals surface area contributed by atoms with Gasteiger partial charge in [-0.3, -0.25) is 4.79 Å². The molecule has 1 aromatic rings. The van der Waals surface area contributed by atoms with Crippen molar-refractivity contribution in [1.29, 1.82) is 0 Å². The second-order valence-corrected chi connectivity index (χ2v) is 5.75. The average molecular weight is 344 g/mol. The largest absolute Gasteiger partial charge is 0.464 e. The molecule has 1 aromatic carbocycles. The normalized spacial score (nSPS) is 14.7. The Hall–Kier alpha value is -1.10. The zero-order valence-electron chi connectivity index (χ0n) is 14.6. The predicted molar refractivity (Wildman–Crippen MR) is 96.1 cm³/mol. The van der Waals surface area contributed by atoms with Gasteiger partial charge >= 0.3 is 5.97 Å². The van der Waals surface area contributed by atoms with Gasteiger partial charge in [-0.05, 0) is 32.0 Å². The number of esters is 1. The highest BCUT2D eigenvalue weighted by Crippen LogP contribution is 2.32. The molecule has 132 valence electrons. The Morgan fingerprint density at radius 2 is 1.78 bits per heavy atom. The molecule has 4 nitrogen and oxygen atoms in total. The van der Waals surface area contributed by atoms with Crippen LogP contribution in [0.3, 0.4) is 0 Å². The number of rotatable bonds is 9. The van der Waals surface area contributed by atoms with E-state index >= 15 is 0 Å². The molecule has 0 radical (unpaired) electrons. The van der Waals surface area contributed by atoms with Crippen LogP contribution in [0.4, 0.5) is 0 Å². The minimum atomic E-state index is -1.12. The molecule has 1 rings (SSSR count). The monoisotopic (exact) mass is 343 g/mol. The third-order valence-corrected chi connectivity index (χ3v) is 4.25. The maximum Gasteiger partial charge on any atom is 0.316 e. The van der Waals surface area contributed by atoms with E-state index in [0.717, 1.165) is 18.7 Å². The van der Waals surface area contributed by atoms with Crippen LogP contribution in [0.25, 0.3) is 0 Å². The summed E-state index contributed by atoms with van der Waals surface area (Å²) in [4.78, 5) is 14.7. The van der Waals surface area contributed by atoms with Crippen molar-refractivity contribution in [3.8, 4) is 0 Å². The Bertz CT molecular complexity index is 447. The lowest BCUT2D eigenvalue weighted by atomic mass is 9.81.